The highest BCUT2D eigenvalue weighted by atomic mass is 16.6. The maximum atomic E-state index is 12.0. The van der Waals surface area contributed by atoms with E-state index in [1.807, 2.05) is 25.1 Å². The fraction of sp³-hybridized carbons (Fsp3) is 0.227. The summed E-state index contributed by atoms with van der Waals surface area (Å²) in [5, 5.41) is 3.12. The highest BCUT2D eigenvalue weighted by molar-refractivity contribution is 5.90. The average Bonchev–Trinajstić information content (AvgIpc) is 2.71. The number of ether oxygens (including phenoxy) is 3. The molecule has 0 atom stereocenters. The van der Waals surface area contributed by atoms with E-state index in [0.717, 1.165) is 5.56 Å². The molecule has 0 aliphatic rings. The summed E-state index contributed by atoms with van der Waals surface area (Å²) in [5.74, 6) is 0.0297. The van der Waals surface area contributed by atoms with E-state index in [0.29, 0.717) is 22.4 Å². The van der Waals surface area contributed by atoms with Crippen LogP contribution in [-0.2, 0) is 20.9 Å². The third kappa shape index (κ3) is 5.38. The molecule has 30 heavy (non-hydrogen) atoms. The van der Waals surface area contributed by atoms with Crippen LogP contribution in [0, 0.1) is 6.92 Å². The van der Waals surface area contributed by atoms with Crippen molar-refractivity contribution in [2.24, 2.45) is 0 Å². The summed E-state index contributed by atoms with van der Waals surface area (Å²) in [5.41, 5.74) is 1.44. The van der Waals surface area contributed by atoms with Crippen molar-refractivity contribution < 1.29 is 28.2 Å². The maximum absolute atomic E-state index is 12.0. The first kappa shape index (κ1) is 20.9. The number of fused-ring (bicyclic) bond motifs is 1. The topological polar surface area (TPSA) is 104 Å². The molecule has 0 aliphatic carbocycles. The number of para-hydroxylation sites is 1. The number of benzene rings is 2. The molecule has 0 fully saturated rings. The Morgan fingerprint density at radius 3 is 2.63 bits per heavy atom. The summed E-state index contributed by atoms with van der Waals surface area (Å²) in [6.45, 7) is 3.43. The molecular weight excluding hydrogens is 390 g/mol. The Morgan fingerprint density at radius 2 is 1.87 bits per heavy atom. The van der Waals surface area contributed by atoms with Crippen LogP contribution < -0.4 is 15.7 Å². The van der Waals surface area contributed by atoms with Crippen molar-refractivity contribution in [2.75, 3.05) is 18.5 Å². The van der Waals surface area contributed by atoms with E-state index < -0.39 is 17.7 Å². The summed E-state index contributed by atoms with van der Waals surface area (Å²) < 4.78 is 20.7. The minimum Gasteiger partial charge on any atom is -0.482 e. The Bertz CT molecular complexity index is 1120. The lowest BCUT2D eigenvalue weighted by molar-refractivity contribution is -0.147. The molecule has 3 aromatic rings. The SMILES string of the molecule is CCOC(=O)Nc1ccc2c(COC(=O)COc3ccccc3C)cc(=O)oc2c1. The number of esters is 1. The van der Waals surface area contributed by atoms with E-state index in [4.69, 9.17) is 18.6 Å². The van der Waals surface area contributed by atoms with Gasteiger partial charge in [0.1, 0.15) is 17.9 Å². The highest BCUT2D eigenvalue weighted by Crippen LogP contribution is 2.22. The molecule has 0 radical (unpaired) electrons. The lowest BCUT2D eigenvalue weighted by atomic mass is 10.1. The molecule has 8 nitrogen and oxygen atoms in total. The summed E-state index contributed by atoms with van der Waals surface area (Å²) in [6, 6.07) is 13.4. The summed E-state index contributed by atoms with van der Waals surface area (Å²) in [7, 11) is 0. The second kappa shape index (κ2) is 9.60. The number of hydrogen-bond donors (Lipinski definition) is 1. The van der Waals surface area contributed by atoms with Gasteiger partial charge >= 0.3 is 17.7 Å². The molecule has 8 heteroatoms. The summed E-state index contributed by atoms with van der Waals surface area (Å²) in [6.07, 6.45) is -0.613. The van der Waals surface area contributed by atoms with Gasteiger partial charge in [0, 0.05) is 28.8 Å². The minimum atomic E-state index is -0.613. The Kier molecular flexibility index (Phi) is 6.69. The van der Waals surface area contributed by atoms with Crippen LogP contribution in [0.3, 0.4) is 0 Å². The highest BCUT2D eigenvalue weighted by Gasteiger charge is 2.12. The van der Waals surface area contributed by atoms with Crippen molar-refractivity contribution in [1.29, 1.82) is 0 Å². The Hall–Kier alpha value is -3.81. The zero-order valence-corrected chi connectivity index (χ0v) is 16.6. The fourth-order valence-electron chi connectivity index (χ4n) is 2.77. The molecule has 0 spiro atoms. The van der Waals surface area contributed by atoms with Crippen LogP contribution in [-0.4, -0.2) is 25.3 Å². The first-order valence-electron chi connectivity index (χ1n) is 9.31. The van der Waals surface area contributed by atoms with Gasteiger partial charge in [-0.1, -0.05) is 18.2 Å². The zero-order chi connectivity index (χ0) is 21.5. The molecular formula is C22H21NO7. The van der Waals surface area contributed by atoms with Crippen molar-refractivity contribution >= 4 is 28.7 Å². The fourth-order valence-corrected chi connectivity index (χ4v) is 2.77. The number of rotatable bonds is 7. The summed E-state index contributed by atoms with van der Waals surface area (Å²) in [4.78, 5) is 35.5. The largest absolute Gasteiger partial charge is 0.482 e. The van der Waals surface area contributed by atoms with Gasteiger partial charge in [0.25, 0.3) is 0 Å². The lowest BCUT2D eigenvalue weighted by Crippen LogP contribution is -2.16. The smallest absolute Gasteiger partial charge is 0.411 e. The Morgan fingerprint density at radius 1 is 1.07 bits per heavy atom. The van der Waals surface area contributed by atoms with Gasteiger partial charge in [0.15, 0.2) is 6.61 Å². The van der Waals surface area contributed by atoms with Gasteiger partial charge in [0.05, 0.1) is 6.61 Å². The molecule has 1 amide bonds. The number of amides is 1. The van der Waals surface area contributed by atoms with E-state index in [2.05, 4.69) is 5.32 Å². The zero-order valence-electron chi connectivity index (χ0n) is 16.6. The van der Waals surface area contributed by atoms with Crippen LogP contribution >= 0.6 is 0 Å². The number of carbonyl (C=O) groups is 2. The maximum Gasteiger partial charge on any atom is 0.411 e. The quantitative estimate of drug-likeness (QED) is 0.466. The van der Waals surface area contributed by atoms with Gasteiger partial charge in [-0.3, -0.25) is 5.32 Å². The van der Waals surface area contributed by atoms with Crippen molar-refractivity contribution in [3.8, 4) is 5.75 Å². The minimum absolute atomic E-state index is 0.122. The van der Waals surface area contributed by atoms with Crippen molar-refractivity contribution in [3.05, 3.63) is 70.1 Å². The van der Waals surface area contributed by atoms with Gasteiger partial charge in [-0.2, -0.15) is 0 Å². The molecule has 156 valence electrons. The van der Waals surface area contributed by atoms with Gasteiger partial charge in [0.2, 0.25) is 0 Å². The second-order valence-corrected chi connectivity index (χ2v) is 6.36. The van der Waals surface area contributed by atoms with Gasteiger partial charge < -0.3 is 18.6 Å². The molecule has 0 saturated carbocycles. The molecule has 0 unspecified atom stereocenters. The van der Waals surface area contributed by atoms with Crippen LogP contribution in [0.25, 0.3) is 11.0 Å². The van der Waals surface area contributed by atoms with Crippen LogP contribution in [0.4, 0.5) is 10.5 Å². The average molecular weight is 411 g/mol. The van der Waals surface area contributed by atoms with Crippen LogP contribution in [0.5, 0.6) is 5.75 Å². The molecule has 1 aromatic heterocycles. The number of anilines is 1. The molecule has 1 heterocycles. The Labute approximate surface area is 172 Å². The number of carbonyl (C=O) groups excluding carboxylic acids is 2. The molecule has 1 N–H and O–H groups in total. The molecule has 0 saturated heterocycles. The number of hydrogen-bond acceptors (Lipinski definition) is 7. The van der Waals surface area contributed by atoms with Gasteiger partial charge in [-0.25, -0.2) is 14.4 Å². The van der Waals surface area contributed by atoms with Crippen molar-refractivity contribution in [1.82, 2.24) is 0 Å². The monoisotopic (exact) mass is 411 g/mol. The predicted molar refractivity (Wildman–Crippen MR) is 110 cm³/mol. The predicted octanol–water partition coefficient (Wildman–Crippen LogP) is 3.79. The van der Waals surface area contributed by atoms with E-state index >= 15 is 0 Å². The Balaban J connectivity index is 1.68. The van der Waals surface area contributed by atoms with E-state index in [9.17, 15) is 14.4 Å². The first-order valence-corrected chi connectivity index (χ1v) is 9.31. The van der Waals surface area contributed by atoms with Crippen LogP contribution in [0.1, 0.15) is 18.1 Å². The molecule has 2 aromatic carbocycles. The summed E-state index contributed by atoms with van der Waals surface area (Å²) >= 11 is 0. The van der Waals surface area contributed by atoms with E-state index in [-0.39, 0.29) is 25.4 Å². The molecule has 0 bridgehead atoms. The number of nitrogens with one attached hydrogen (secondary N) is 1. The number of aryl methyl sites for hydroxylation is 1. The van der Waals surface area contributed by atoms with Crippen molar-refractivity contribution in [2.45, 2.75) is 20.5 Å². The van der Waals surface area contributed by atoms with Crippen LogP contribution in [0.2, 0.25) is 0 Å². The van der Waals surface area contributed by atoms with Crippen LogP contribution in [0.15, 0.2) is 57.7 Å². The van der Waals surface area contributed by atoms with Gasteiger partial charge in [-0.15, -0.1) is 0 Å². The molecule has 3 rings (SSSR count). The molecule has 0 aliphatic heterocycles. The lowest BCUT2D eigenvalue weighted by Gasteiger charge is -2.10. The van der Waals surface area contributed by atoms with E-state index in [1.54, 1.807) is 25.1 Å². The standard InChI is InChI=1S/C22H21NO7/c1-3-27-22(26)23-16-8-9-17-15(10-20(24)30-19(17)11-16)12-29-21(25)13-28-18-7-5-4-6-14(18)2/h4-11H,3,12-13H2,1-2H3,(H,23,26). The third-order valence-corrected chi connectivity index (χ3v) is 4.18. The van der Waals surface area contributed by atoms with Gasteiger partial charge in [-0.05, 0) is 37.6 Å². The first-order chi connectivity index (χ1) is 14.5. The van der Waals surface area contributed by atoms with E-state index in [1.165, 1.54) is 12.1 Å². The third-order valence-electron chi connectivity index (χ3n) is 4.18. The second-order valence-electron chi connectivity index (χ2n) is 6.36. The van der Waals surface area contributed by atoms with Crippen molar-refractivity contribution in [3.63, 3.8) is 0 Å². The normalized spacial score (nSPS) is 10.5.